The van der Waals surface area contributed by atoms with E-state index in [4.69, 9.17) is 5.73 Å². The maximum absolute atomic E-state index is 13.0. The molecule has 0 saturated carbocycles. The van der Waals surface area contributed by atoms with Gasteiger partial charge in [0.2, 0.25) is 10.0 Å². The van der Waals surface area contributed by atoms with Gasteiger partial charge in [0.25, 0.3) is 0 Å². The molecule has 0 aromatic heterocycles. The molecule has 4 nitrogen and oxygen atoms in total. The molecule has 0 aliphatic rings. The highest BCUT2D eigenvalue weighted by Gasteiger charge is 2.20. The first-order chi connectivity index (χ1) is 8.39. The van der Waals surface area contributed by atoms with Gasteiger partial charge >= 0.3 is 0 Å². The van der Waals surface area contributed by atoms with E-state index >= 15 is 0 Å². The molecule has 1 aromatic rings. The van der Waals surface area contributed by atoms with Crippen LogP contribution >= 0.6 is 0 Å². The molecule has 1 rings (SSSR count). The summed E-state index contributed by atoms with van der Waals surface area (Å²) in [7, 11) is -3.95. The van der Waals surface area contributed by atoms with Gasteiger partial charge in [0.15, 0.2) is 0 Å². The molecule has 0 heterocycles. The maximum Gasteiger partial charge on any atom is 0.241 e. The Labute approximate surface area is 105 Å². The lowest BCUT2D eigenvalue weighted by Gasteiger charge is -2.16. The Kier molecular flexibility index (Phi) is 5.18. The highest BCUT2D eigenvalue weighted by atomic mass is 32.2. The van der Waals surface area contributed by atoms with Gasteiger partial charge in [-0.2, -0.15) is 0 Å². The van der Waals surface area contributed by atoms with E-state index in [1.54, 1.807) is 0 Å². The van der Waals surface area contributed by atoms with Gasteiger partial charge in [-0.15, -0.1) is 0 Å². The number of nitrogens with two attached hydrogens (primary N) is 1. The van der Waals surface area contributed by atoms with Crippen molar-refractivity contribution in [2.75, 3.05) is 6.54 Å². The molecule has 0 aliphatic heterocycles. The van der Waals surface area contributed by atoms with Crippen molar-refractivity contribution in [3.05, 3.63) is 29.8 Å². The van der Waals surface area contributed by atoms with Crippen LogP contribution in [0.5, 0.6) is 0 Å². The van der Waals surface area contributed by atoms with E-state index in [0.29, 0.717) is 12.5 Å². The molecule has 0 bridgehead atoms. The summed E-state index contributed by atoms with van der Waals surface area (Å²) in [6.07, 6.45) is 1.31. The quantitative estimate of drug-likeness (QED) is 0.825. The Balaban J connectivity index is 2.98. The number of nitrogens with one attached hydrogen (secondary N) is 1. The summed E-state index contributed by atoms with van der Waals surface area (Å²) in [5.74, 6) is -1.87. The highest BCUT2D eigenvalue weighted by molar-refractivity contribution is 7.89. The first-order valence-electron chi connectivity index (χ1n) is 5.57. The van der Waals surface area contributed by atoms with E-state index in [1.165, 1.54) is 0 Å². The zero-order valence-electron chi connectivity index (χ0n) is 9.99. The van der Waals surface area contributed by atoms with Crippen LogP contribution in [0.25, 0.3) is 0 Å². The Morgan fingerprint density at radius 2 is 1.83 bits per heavy atom. The lowest BCUT2D eigenvalue weighted by molar-refractivity contribution is 0.523. The van der Waals surface area contributed by atoms with Crippen LogP contribution in [0.3, 0.4) is 0 Å². The smallest absolute Gasteiger partial charge is 0.241 e. The molecular weight excluding hydrogens is 262 g/mol. The Morgan fingerprint density at radius 3 is 2.28 bits per heavy atom. The van der Waals surface area contributed by atoms with Gasteiger partial charge in [0.05, 0.1) is 4.90 Å². The van der Waals surface area contributed by atoms with Crippen molar-refractivity contribution in [3.8, 4) is 0 Å². The predicted octanol–water partition coefficient (Wildman–Crippen LogP) is 1.37. The molecule has 1 unspecified atom stereocenters. The standard InChI is InChI=1S/C11H16F2N2O2S/c1-2-3-10(7-14)15-18(16,17)11-5-8(12)4-9(13)6-11/h4-6,10,15H,2-3,7,14H2,1H3. The van der Waals surface area contributed by atoms with Crippen molar-refractivity contribution in [2.24, 2.45) is 5.73 Å². The van der Waals surface area contributed by atoms with E-state index < -0.39 is 32.6 Å². The van der Waals surface area contributed by atoms with E-state index in [1.807, 2.05) is 6.92 Å². The summed E-state index contributed by atoms with van der Waals surface area (Å²) in [5, 5.41) is 0. The summed E-state index contributed by atoms with van der Waals surface area (Å²) in [5.41, 5.74) is 5.43. The number of hydrogen-bond acceptors (Lipinski definition) is 3. The fourth-order valence-electron chi connectivity index (χ4n) is 1.54. The molecule has 1 aromatic carbocycles. The van der Waals surface area contributed by atoms with Gasteiger partial charge in [-0.05, 0) is 18.6 Å². The van der Waals surface area contributed by atoms with Crippen LogP contribution in [0.1, 0.15) is 19.8 Å². The number of benzene rings is 1. The van der Waals surface area contributed by atoms with E-state index in [-0.39, 0.29) is 6.54 Å². The Hall–Kier alpha value is -1.05. The van der Waals surface area contributed by atoms with E-state index in [2.05, 4.69) is 4.72 Å². The first kappa shape index (κ1) is 15.0. The Bertz CT molecular complexity index is 486. The van der Waals surface area contributed by atoms with Crippen molar-refractivity contribution >= 4 is 10.0 Å². The van der Waals surface area contributed by atoms with Gasteiger partial charge in [-0.25, -0.2) is 21.9 Å². The maximum atomic E-state index is 13.0. The van der Waals surface area contributed by atoms with Crippen molar-refractivity contribution in [2.45, 2.75) is 30.7 Å². The number of halogens is 2. The van der Waals surface area contributed by atoms with Crippen molar-refractivity contribution in [3.63, 3.8) is 0 Å². The van der Waals surface area contributed by atoms with Crippen LogP contribution in [-0.2, 0) is 10.0 Å². The lowest BCUT2D eigenvalue weighted by atomic mass is 10.2. The molecular formula is C11H16F2N2O2S. The molecule has 18 heavy (non-hydrogen) atoms. The summed E-state index contributed by atoms with van der Waals surface area (Å²) >= 11 is 0. The van der Waals surface area contributed by atoms with E-state index in [9.17, 15) is 17.2 Å². The second-order valence-corrected chi connectivity index (χ2v) is 5.66. The monoisotopic (exact) mass is 278 g/mol. The van der Waals surface area contributed by atoms with Gasteiger partial charge in [-0.1, -0.05) is 13.3 Å². The first-order valence-corrected chi connectivity index (χ1v) is 7.06. The minimum atomic E-state index is -3.95. The molecule has 0 aliphatic carbocycles. The van der Waals surface area contributed by atoms with Crippen molar-refractivity contribution in [1.29, 1.82) is 0 Å². The number of rotatable bonds is 6. The molecule has 7 heteroatoms. The molecule has 0 spiro atoms. The van der Waals surface area contributed by atoms with Crippen LogP contribution in [0.2, 0.25) is 0 Å². The minimum Gasteiger partial charge on any atom is -0.329 e. The number of hydrogen-bond donors (Lipinski definition) is 2. The third-order valence-electron chi connectivity index (χ3n) is 2.39. The second kappa shape index (κ2) is 6.21. The summed E-state index contributed by atoms with van der Waals surface area (Å²) < 4.78 is 52.0. The summed E-state index contributed by atoms with van der Waals surface area (Å²) in [4.78, 5) is -0.436. The third kappa shape index (κ3) is 4.01. The minimum absolute atomic E-state index is 0.130. The average Bonchev–Trinajstić information content (AvgIpc) is 2.27. The van der Waals surface area contributed by atoms with Crippen LogP contribution in [0.15, 0.2) is 23.1 Å². The molecule has 0 saturated heterocycles. The van der Waals surface area contributed by atoms with E-state index in [0.717, 1.165) is 18.6 Å². The molecule has 0 radical (unpaired) electrons. The zero-order chi connectivity index (χ0) is 13.8. The molecule has 1 atom stereocenters. The normalized spacial score (nSPS) is 13.6. The fourth-order valence-corrected chi connectivity index (χ4v) is 2.87. The topological polar surface area (TPSA) is 72.2 Å². The van der Waals surface area contributed by atoms with Crippen molar-refractivity contribution in [1.82, 2.24) is 4.72 Å². The van der Waals surface area contributed by atoms with Crippen LogP contribution < -0.4 is 10.5 Å². The van der Waals surface area contributed by atoms with Gasteiger partial charge in [0, 0.05) is 18.7 Å². The summed E-state index contributed by atoms with van der Waals surface area (Å²) in [6.45, 7) is 2.02. The average molecular weight is 278 g/mol. The van der Waals surface area contributed by atoms with Crippen LogP contribution in [0.4, 0.5) is 8.78 Å². The molecule has 0 fully saturated rings. The number of sulfonamides is 1. The Morgan fingerprint density at radius 1 is 1.28 bits per heavy atom. The van der Waals surface area contributed by atoms with Gasteiger partial charge < -0.3 is 5.73 Å². The van der Waals surface area contributed by atoms with Crippen molar-refractivity contribution < 1.29 is 17.2 Å². The molecule has 3 N–H and O–H groups in total. The lowest BCUT2D eigenvalue weighted by Crippen LogP contribution is -2.40. The van der Waals surface area contributed by atoms with Gasteiger partial charge in [0.1, 0.15) is 11.6 Å². The largest absolute Gasteiger partial charge is 0.329 e. The third-order valence-corrected chi connectivity index (χ3v) is 3.89. The predicted molar refractivity (Wildman–Crippen MR) is 64.4 cm³/mol. The van der Waals surface area contributed by atoms with Gasteiger partial charge in [-0.3, -0.25) is 0 Å². The zero-order valence-corrected chi connectivity index (χ0v) is 10.8. The summed E-state index contributed by atoms with van der Waals surface area (Å²) in [6, 6.07) is 1.72. The second-order valence-electron chi connectivity index (χ2n) is 3.95. The fraction of sp³-hybridized carbons (Fsp3) is 0.455. The SMILES string of the molecule is CCCC(CN)NS(=O)(=O)c1cc(F)cc(F)c1. The highest BCUT2D eigenvalue weighted by Crippen LogP contribution is 2.14. The molecule has 0 amide bonds. The molecule has 102 valence electrons. The van der Waals surface area contributed by atoms with Crippen LogP contribution in [0, 0.1) is 11.6 Å². The van der Waals surface area contributed by atoms with Crippen LogP contribution in [-0.4, -0.2) is 21.0 Å².